The molecular weight excluding hydrogens is 556 g/mol. The predicted molar refractivity (Wildman–Crippen MR) is 142 cm³/mol. The SMILES string of the molecule is CC(C)(C)OC(=O)N[C@H](c1cn2ncc([C@@H](NC(=O)C(F)(F)CC3CC3)C3(C#N)CC3)cc2n1)C1CCC(F)(F)CC1. The van der Waals surface area contributed by atoms with Gasteiger partial charge in [0.15, 0.2) is 5.65 Å². The number of halogens is 4. The van der Waals surface area contributed by atoms with Gasteiger partial charge in [0.2, 0.25) is 5.92 Å². The lowest BCUT2D eigenvalue weighted by molar-refractivity contribution is -0.148. The Morgan fingerprint density at radius 3 is 2.38 bits per heavy atom. The first-order chi connectivity index (χ1) is 19.6. The fourth-order valence-corrected chi connectivity index (χ4v) is 5.64. The third kappa shape index (κ3) is 6.79. The number of alkyl carbamates (subject to hydrolysis) is 1. The number of aromatic nitrogens is 3. The van der Waals surface area contributed by atoms with Gasteiger partial charge in [0, 0.05) is 19.3 Å². The van der Waals surface area contributed by atoms with E-state index in [0.29, 0.717) is 36.9 Å². The monoisotopic (exact) mass is 592 g/mol. The molecular formula is C29H36F4N6O3. The molecule has 2 amide bonds. The lowest BCUT2D eigenvalue weighted by Gasteiger charge is -2.33. The molecule has 0 aromatic carbocycles. The Morgan fingerprint density at radius 2 is 1.81 bits per heavy atom. The van der Waals surface area contributed by atoms with Crippen LogP contribution < -0.4 is 10.6 Å². The minimum absolute atomic E-state index is 0.161. The van der Waals surface area contributed by atoms with Crippen LogP contribution in [0.15, 0.2) is 18.5 Å². The van der Waals surface area contributed by atoms with Crippen molar-refractivity contribution in [3.63, 3.8) is 0 Å². The first kappa shape index (κ1) is 30.0. The minimum atomic E-state index is -3.56. The number of fused-ring (bicyclic) bond motifs is 1. The number of rotatable bonds is 9. The Balaban J connectivity index is 1.43. The summed E-state index contributed by atoms with van der Waals surface area (Å²) in [5.41, 5.74) is -0.799. The van der Waals surface area contributed by atoms with E-state index in [1.54, 1.807) is 33.0 Å². The molecule has 3 aliphatic carbocycles. The van der Waals surface area contributed by atoms with Gasteiger partial charge in [0.25, 0.3) is 5.91 Å². The Kier molecular flexibility index (Phi) is 7.64. The van der Waals surface area contributed by atoms with Crippen LogP contribution in [-0.4, -0.2) is 44.0 Å². The van der Waals surface area contributed by atoms with Crippen LogP contribution in [0.1, 0.15) is 102 Å². The van der Waals surface area contributed by atoms with Crippen molar-refractivity contribution in [2.24, 2.45) is 17.3 Å². The van der Waals surface area contributed by atoms with E-state index in [-0.39, 0.29) is 43.2 Å². The molecule has 0 unspecified atom stereocenters. The third-order valence-corrected chi connectivity index (χ3v) is 8.33. The largest absolute Gasteiger partial charge is 0.444 e. The van der Waals surface area contributed by atoms with E-state index in [1.165, 1.54) is 10.7 Å². The van der Waals surface area contributed by atoms with Gasteiger partial charge < -0.3 is 15.4 Å². The van der Waals surface area contributed by atoms with E-state index >= 15 is 0 Å². The highest BCUT2D eigenvalue weighted by molar-refractivity contribution is 5.84. The quantitative estimate of drug-likeness (QED) is 0.344. The van der Waals surface area contributed by atoms with E-state index in [9.17, 15) is 32.4 Å². The fourth-order valence-electron chi connectivity index (χ4n) is 5.64. The van der Waals surface area contributed by atoms with E-state index in [1.807, 2.05) is 0 Å². The smallest absolute Gasteiger partial charge is 0.408 e. The summed E-state index contributed by atoms with van der Waals surface area (Å²) in [4.78, 5) is 30.0. The van der Waals surface area contributed by atoms with Gasteiger partial charge in [-0.3, -0.25) is 4.79 Å². The molecule has 0 bridgehead atoms. The normalized spacial score (nSPS) is 21.7. The van der Waals surface area contributed by atoms with E-state index in [4.69, 9.17) is 4.74 Å². The van der Waals surface area contributed by atoms with E-state index < -0.39 is 53.4 Å². The van der Waals surface area contributed by atoms with Crippen molar-refractivity contribution in [2.45, 2.75) is 108 Å². The second-order valence-electron chi connectivity index (χ2n) is 13.1. The molecule has 2 aromatic heterocycles. The lowest BCUT2D eigenvalue weighted by atomic mass is 9.81. The molecule has 0 aliphatic heterocycles. The number of amides is 2. The molecule has 2 aromatic rings. The minimum Gasteiger partial charge on any atom is -0.444 e. The summed E-state index contributed by atoms with van der Waals surface area (Å²) < 4.78 is 64.0. The summed E-state index contributed by atoms with van der Waals surface area (Å²) in [7, 11) is 0. The van der Waals surface area contributed by atoms with Crippen molar-refractivity contribution in [2.75, 3.05) is 0 Å². The first-order valence-electron chi connectivity index (χ1n) is 14.4. The zero-order chi connectivity index (χ0) is 30.5. The summed E-state index contributed by atoms with van der Waals surface area (Å²) in [5.74, 6) is -8.25. The van der Waals surface area contributed by atoms with Crippen LogP contribution in [0.2, 0.25) is 0 Å². The van der Waals surface area contributed by atoms with Gasteiger partial charge in [0.05, 0.1) is 41.7 Å². The highest BCUT2D eigenvalue weighted by Crippen LogP contribution is 2.55. The summed E-state index contributed by atoms with van der Waals surface area (Å²) in [6.07, 6.45) is 3.63. The van der Waals surface area contributed by atoms with Crippen molar-refractivity contribution in [3.05, 3.63) is 29.7 Å². The highest BCUT2D eigenvalue weighted by atomic mass is 19.3. The summed E-state index contributed by atoms with van der Waals surface area (Å²) >= 11 is 0. The molecule has 13 heteroatoms. The summed E-state index contributed by atoms with van der Waals surface area (Å²) in [6.45, 7) is 5.14. The average Bonchev–Trinajstić information content (AvgIpc) is 3.82. The molecule has 228 valence electrons. The van der Waals surface area contributed by atoms with Gasteiger partial charge in [-0.25, -0.2) is 23.1 Å². The zero-order valence-corrected chi connectivity index (χ0v) is 23.9. The van der Waals surface area contributed by atoms with Gasteiger partial charge in [0.1, 0.15) is 5.60 Å². The zero-order valence-electron chi connectivity index (χ0n) is 23.9. The lowest BCUT2D eigenvalue weighted by Crippen LogP contribution is -2.44. The number of carbonyl (C=O) groups excluding carboxylic acids is 2. The molecule has 3 aliphatic rings. The van der Waals surface area contributed by atoms with Gasteiger partial charge >= 0.3 is 12.0 Å². The van der Waals surface area contributed by atoms with Crippen LogP contribution >= 0.6 is 0 Å². The second kappa shape index (κ2) is 10.7. The molecule has 3 saturated carbocycles. The van der Waals surface area contributed by atoms with Crippen LogP contribution in [0.4, 0.5) is 22.4 Å². The van der Waals surface area contributed by atoms with Crippen LogP contribution in [0, 0.1) is 28.6 Å². The average molecular weight is 593 g/mol. The molecule has 5 rings (SSSR count). The molecule has 2 heterocycles. The Hall–Kier alpha value is -3.43. The highest BCUT2D eigenvalue weighted by Gasteiger charge is 2.54. The number of carbonyl (C=O) groups is 2. The van der Waals surface area contributed by atoms with Crippen LogP contribution in [-0.2, 0) is 9.53 Å². The van der Waals surface area contributed by atoms with Gasteiger partial charge in [-0.2, -0.15) is 19.1 Å². The molecule has 3 fully saturated rings. The summed E-state index contributed by atoms with van der Waals surface area (Å²) in [6, 6.07) is 1.99. The topological polar surface area (TPSA) is 121 Å². The number of ether oxygens (including phenoxy) is 1. The van der Waals surface area contributed by atoms with Crippen molar-refractivity contribution >= 4 is 17.6 Å². The van der Waals surface area contributed by atoms with Crippen molar-refractivity contribution in [1.29, 1.82) is 5.26 Å². The predicted octanol–water partition coefficient (Wildman–Crippen LogP) is 6.02. The van der Waals surface area contributed by atoms with Crippen molar-refractivity contribution in [3.8, 4) is 6.07 Å². The Bertz CT molecular complexity index is 1380. The fraction of sp³-hybridized carbons (Fsp3) is 0.690. The maximum Gasteiger partial charge on any atom is 0.408 e. The molecule has 42 heavy (non-hydrogen) atoms. The van der Waals surface area contributed by atoms with Crippen LogP contribution in [0.3, 0.4) is 0 Å². The molecule has 0 saturated heterocycles. The maximum atomic E-state index is 14.7. The van der Waals surface area contributed by atoms with Crippen LogP contribution in [0.25, 0.3) is 5.65 Å². The van der Waals surface area contributed by atoms with Crippen molar-refractivity contribution in [1.82, 2.24) is 25.2 Å². The van der Waals surface area contributed by atoms with Gasteiger partial charge in [-0.05, 0) is 82.8 Å². The number of imidazole rings is 1. The van der Waals surface area contributed by atoms with Gasteiger partial charge in [-0.15, -0.1) is 0 Å². The number of nitriles is 1. The Morgan fingerprint density at radius 1 is 1.14 bits per heavy atom. The third-order valence-electron chi connectivity index (χ3n) is 8.33. The molecule has 0 spiro atoms. The van der Waals surface area contributed by atoms with Gasteiger partial charge in [-0.1, -0.05) is 0 Å². The van der Waals surface area contributed by atoms with E-state index in [2.05, 4.69) is 26.8 Å². The number of nitrogens with one attached hydrogen (secondary N) is 2. The number of nitrogens with zero attached hydrogens (tertiary/aromatic N) is 4. The second-order valence-corrected chi connectivity index (χ2v) is 13.1. The molecule has 2 atom stereocenters. The number of alkyl halides is 4. The molecule has 0 radical (unpaired) electrons. The number of hydrogen-bond acceptors (Lipinski definition) is 6. The number of hydrogen-bond donors (Lipinski definition) is 2. The molecule has 9 nitrogen and oxygen atoms in total. The standard InChI is InChI=1S/C29H36F4N6O3/c1-26(2,3)42-25(41)37-22(18-6-8-28(30,31)9-7-18)20-15-39-21(36-20)12-19(14-35-39)23(27(16-34)10-11-27)38-24(40)29(32,33)13-17-4-5-17/h12,14-15,17-18,22-23H,4-11,13H2,1-3H3,(H,37,41)(H,38,40)/t22-,23+/m0/s1. The first-order valence-corrected chi connectivity index (χ1v) is 14.4. The molecule has 2 N–H and O–H groups in total. The Labute approximate surface area is 241 Å². The maximum absolute atomic E-state index is 14.7. The van der Waals surface area contributed by atoms with Crippen LogP contribution in [0.5, 0.6) is 0 Å². The summed E-state index contributed by atoms with van der Waals surface area (Å²) in [5, 5.41) is 19.4. The van der Waals surface area contributed by atoms with Crippen molar-refractivity contribution < 1.29 is 31.9 Å². The van der Waals surface area contributed by atoms with E-state index in [0.717, 1.165) is 0 Å².